The van der Waals surface area contributed by atoms with Crippen molar-refractivity contribution in [2.24, 2.45) is 0 Å². The molecule has 2 heterocycles. The Balaban J connectivity index is 1.21. The van der Waals surface area contributed by atoms with Crippen molar-refractivity contribution in [3.05, 3.63) is 82.3 Å². The Hall–Kier alpha value is -3.67. The van der Waals surface area contributed by atoms with Crippen molar-refractivity contribution in [2.45, 2.75) is 81.9 Å². The van der Waals surface area contributed by atoms with Crippen molar-refractivity contribution in [3.8, 4) is 5.75 Å². The van der Waals surface area contributed by atoms with Gasteiger partial charge in [-0.3, -0.25) is 15.1 Å². The van der Waals surface area contributed by atoms with Gasteiger partial charge in [0.25, 0.3) is 6.29 Å². The first-order valence-corrected chi connectivity index (χ1v) is 14.4. The van der Waals surface area contributed by atoms with E-state index in [0.29, 0.717) is 5.56 Å². The number of hydroxylamine groups is 1. The van der Waals surface area contributed by atoms with Crippen molar-refractivity contribution in [1.29, 1.82) is 0 Å². The van der Waals surface area contributed by atoms with E-state index in [1.165, 1.54) is 63.2 Å². The van der Waals surface area contributed by atoms with E-state index in [4.69, 9.17) is 23.8 Å². The number of aliphatic hydroxyl groups excluding tert-OH is 4. The number of aliphatic hydroxyl groups is 5. The fourth-order valence-electron chi connectivity index (χ4n) is 5.34. The number of fused-ring (bicyclic) bond motifs is 1. The van der Waals surface area contributed by atoms with E-state index in [2.05, 4.69) is 10.8 Å². The fourth-order valence-corrected chi connectivity index (χ4v) is 5.34. The van der Waals surface area contributed by atoms with Gasteiger partial charge in [-0.2, -0.15) is 0 Å². The van der Waals surface area contributed by atoms with Gasteiger partial charge in [-0.15, -0.1) is 0 Å². The molecule has 250 valence electrons. The lowest BCUT2D eigenvalue weighted by atomic mass is 9.83. The average molecular weight is 651 g/mol. The maximum Gasteiger partial charge on any atom is 0.272 e. The van der Waals surface area contributed by atoms with E-state index in [0.717, 1.165) is 6.07 Å². The highest BCUT2D eigenvalue weighted by Crippen LogP contribution is 2.37. The molecule has 3 aliphatic rings. The van der Waals surface area contributed by atoms with Crippen LogP contribution in [-0.2, 0) is 30.4 Å². The molecule has 3 fully saturated rings. The van der Waals surface area contributed by atoms with E-state index >= 15 is 4.39 Å². The summed E-state index contributed by atoms with van der Waals surface area (Å²) in [6.07, 6.45) is -7.88. The van der Waals surface area contributed by atoms with Crippen molar-refractivity contribution in [2.75, 3.05) is 6.79 Å². The topological polar surface area (TPSA) is 188 Å². The zero-order chi connectivity index (χ0) is 33.3. The maximum atomic E-state index is 15.1. The molecule has 46 heavy (non-hydrogen) atoms. The van der Waals surface area contributed by atoms with Gasteiger partial charge in [0.05, 0.1) is 18.3 Å². The van der Waals surface area contributed by atoms with Gasteiger partial charge in [0.2, 0.25) is 5.91 Å². The van der Waals surface area contributed by atoms with Crippen LogP contribution in [0.15, 0.2) is 59.5 Å². The Morgan fingerprint density at radius 3 is 2.37 bits per heavy atom. The maximum absolute atomic E-state index is 15.1. The smallest absolute Gasteiger partial charge is 0.272 e. The summed E-state index contributed by atoms with van der Waals surface area (Å²) in [7, 11) is 0. The van der Waals surface area contributed by atoms with Gasteiger partial charge in [0.15, 0.2) is 22.9 Å². The number of carbonyl (C=O) groups is 1. The summed E-state index contributed by atoms with van der Waals surface area (Å²) >= 11 is 0. The molecule has 0 radical (unpaired) electrons. The molecule has 13 nitrogen and oxygen atoms in total. The standard InChI is InChI=1S/C31H36F2N2O11/c1-14(29(40)34-21-22(36)24(38)27-26(23(21)37)42-13-43-27)10-17-6-9-20(19(33)11-17)45-30-31(3,41)28(39)25(46-30)15(2)35-44-12-16-4-7-18(32)8-5-16/h4-11,21-24,26-28,30,35-39,41H,12-13H2,1-3H3,(H,34,40)/t21-,22+,23-,24-,26+,27-,28-,30-,31+/m1/s1. The summed E-state index contributed by atoms with van der Waals surface area (Å²) in [6.45, 7) is 4.10. The number of hydrogen-bond donors (Lipinski definition) is 7. The van der Waals surface area contributed by atoms with Gasteiger partial charge in [0.1, 0.15) is 49.2 Å². The average Bonchev–Trinajstić information content (AvgIpc) is 3.60. The highest BCUT2D eigenvalue weighted by Gasteiger charge is 2.54. The van der Waals surface area contributed by atoms with Crippen LogP contribution in [0.3, 0.4) is 0 Å². The van der Waals surface area contributed by atoms with Crippen LogP contribution in [-0.4, -0.2) is 92.8 Å². The van der Waals surface area contributed by atoms with Gasteiger partial charge in [0, 0.05) is 5.57 Å². The molecule has 1 aliphatic carbocycles. The van der Waals surface area contributed by atoms with Gasteiger partial charge < -0.3 is 49.8 Å². The van der Waals surface area contributed by atoms with Crippen molar-refractivity contribution in [3.63, 3.8) is 0 Å². The molecule has 2 aromatic rings. The van der Waals surface area contributed by atoms with Gasteiger partial charge in [-0.05, 0) is 62.2 Å². The first-order chi connectivity index (χ1) is 21.8. The zero-order valence-electron chi connectivity index (χ0n) is 25.1. The van der Waals surface area contributed by atoms with E-state index < -0.39 is 66.3 Å². The molecule has 2 saturated heterocycles. The molecule has 1 saturated carbocycles. The Morgan fingerprint density at radius 1 is 1.02 bits per heavy atom. The van der Waals surface area contributed by atoms with E-state index in [-0.39, 0.29) is 47.6 Å². The molecule has 2 aromatic carbocycles. The number of ether oxygens (including phenoxy) is 4. The minimum Gasteiger partial charge on any atom is -0.451 e. The van der Waals surface area contributed by atoms with Crippen LogP contribution in [0.25, 0.3) is 6.08 Å². The van der Waals surface area contributed by atoms with E-state index in [9.17, 15) is 34.7 Å². The molecular formula is C31H36F2N2O11. The second-order valence-electron chi connectivity index (χ2n) is 11.6. The van der Waals surface area contributed by atoms with Crippen molar-refractivity contribution in [1.82, 2.24) is 10.8 Å². The van der Waals surface area contributed by atoms with Crippen LogP contribution in [0.1, 0.15) is 31.9 Å². The van der Waals surface area contributed by atoms with Crippen LogP contribution < -0.4 is 15.5 Å². The van der Waals surface area contributed by atoms with E-state index in [1.54, 1.807) is 0 Å². The summed E-state index contributed by atoms with van der Waals surface area (Å²) in [5.74, 6) is -2.36. The Morgan fingerprint density at radius 2 is 1.70 bits per heavy atom. The molecular weight excluding hydrogens is 614 g/mol. The molecule has 0 aromatic heterocycles. The lowest BCUT2D eigenvalue weighted by molar-refractivity contribution is -0.155. The SMILES string of the molecule is CC(=Cc1ccc(O[C@@H]2OC(=C(C)NOCc3ccc(F)cc3)[C@@H](O)[C@]2(C)O)c(F)c1)C(=O)N[C@@H]1[C@H](O)[C@@H](O)[C@H]2OCO[C@H]2[C@@H]1O. The van der Waals surface area contributed by atoms with Crippen LogP contribution in [0.5, 0.6) is 5.75 Å². The highest BCUT2D eigenvalue weighted by molar-refractivity contribution is 5.97. The molecule has 7 N–H and O–H groups in total. The Bertz CT molecular complexity index is 1490. The molecule has 0 unspecified atom stereocenters. The molecule has 1 amide bonds. The second kappa shape index (κ2) is 13.6. The third kappa shape index (κ3) is 6.86. The highest BCUT2D eigenvalue weighted by atomic mass is 19.1. The number of amides is 1. The molecule has 0 spiro atoms. The third-order valence-corrected chi connectivity index (χ3v) is 8.09. The lowest BCUT2D eigenvalue weighted by Crippen LogP contribution is -2.67. The number of halogens is 2. The van der Waals surface area contributed by atoms with E-state index in [1.807, 2.05) is 0 Å². The molecule has 0 bridgehead atoms. The lowest BCUT2D eigenvalue weighted by Gasteiger charge is -2.41. The summed E-state index contributed by atoms with van der Waals surface area (Å²) in [6, 6.07) is 8.14. The minimum absolute atomic E-state index is 0.0589. The van der Waals surface area contributed by atoms with Crippen LogP contribution >= 0.6 is 0 Å². The molecule has 2 aliphatic heterocycles. The second-order valence-corrected chi connectivity index (χ2v) is 11.6. The summed E-state index contributed by atoms with van der Waals surface area (Å²) in [4.78, 5) is 18.2. The molecule has 9 atom stereocenters. The van der Waals surface area contributed by atoms with Gasteiger partial charge >= 0.3 is 0 Å². The van der Waals surface area contributed by atoms with Crippen molar-refractivity contribution < 1.29 is 62.9 Å². The quantitative estimate of drug-likeness (QED) is 0.147. The molecule has 15 heteroatoms. The number of rotatable bonds is 9. The Kier molecular flexibility index (Phi) is 9.95. The monoisotopic (exact) mass is 650 g/mol. The Labute approximate surface area is 262 Å². The van der Waals surface area contributed by atoms with Crippen LogP contribution in [0.2, 0.25) is 0 Å². The third-order valence-electron chi connectivity index (χ3n) is 8.09. The normalized spacial score (nSPS) is 33.7. The predicted molar refractivity (Wildman–Crippen MR) is 154 cm³/mol. The number of hydrogen-bond acceptors (Lipinski definition) is 12. The van der Waals surface area contributed by atoms with Crippen LogP contribution in [0, 0.1) is 11.6 Å². The zero-order valence-corrected chi connectivity index (χ0v) is 25.1. The number of nitrogens with one attached hydrogen (secondary N) is 2. The number of carbonyl (C=O) groups excluding carboxylic acids is 1. The van der Waals surface area contributed by atoms with Gasteiger partial charge in [-0.1, -0.05) is 18.2 Å². The first-order valence-electron chi connectivity index (χ1n) is 14.4. The van der Waals surface area contributed by atoms with Crippen molar-refractivity contribution >= 4 is 12.0 Å². The summed E-state index contributed by atoms with van der Waals surface area (Å²) in [5.41, 5.74) is 1.84. The summed E-state index contributed by atoms with van der Waals surface area (Å²) in [5, 5.41) is 55.4. The van der Waals surface area contributed by atoms with Gasteiger partial charge in [-0.25, -0.2) is 8.78 Å². The first kappa shape index (κ1) is 33.7. The summed E-state index contributed by atoms with van der Waals surface area (Å²) < 4.78 is 49.9. The molecule has 5 rings (SSSR count). The predicted octanol–water partition coefficient (Wildman–Crippen LogP) is 0.491. The number of benzene rings is 2. The van der Waals surface area contributed by atoms with Crippen LogP contribution in [0.4, 0.5) is 8.78 Å². The fraction of sp³-hybridized carbons (Fsp3) is 0.452. The minimum atomic E-state index is -1.99. The number of allylic oxidation sites excluding steroid dienone is 1. The largest absolute Gasteiger partial charge is 0.451 e.